The van der Waals surface area contributed by atoms with Crippen LogP contribution >= 0.6 is 15.9 Å². The molecule has 1 aromatic rings. The number of rotatable bonds is 6. The normalized spacial score (nSPS) is 10.0. The van der Waals surface area contributed by atoms with Crippen LogP contribution in [0.5, 0.6) is 0 Å². The molecule has 0 bridgehead atoms. The summed E-state index contributed by atoms with van der Waals surface area (Å²) in [6.45, 7) is 3.97. The van der Waals surface area contributed by atoms with Crippen LogP contribution in [0.3, 0.4) is 0 Å². The van der Waals surface area contributed by atoms with E-state index >= 15 is 0 Å². The number of aryl methyl sites for hydroxylation is 1. The van der Waals surface area contributed by atoms with Crippen LogP contribution in [0.25, 0.3) is 0 Å². The summed E-state index contributed by atoms with van der Waals surface area (Å²) in [7, 11) is 0. The van der Waals surface area contributed by atoms with Crippen molar-refractivity contribution in [1.29, 1.82) is 0 Å². The summed E-state index contributed by atoms with van der Waals surface area (Å²) >= 11 is 3.03. The number of nitro groups is 1. The first-order chi connectivity index (χ1) is 9.90. The molecule has 0 aliphatic rings. The summed E-state index contributed by atoms with van der Waals surface area (Å²) < 4.78 is 0. The highest BCUT2D eigenvalue weighted by Crippen LogP contribution is 2.30. The van der Waals surface area contributed by atoms with E-state index in [0.717, 1.165) is 6.42 Å². The highest BCUT2D eigenvalue weighted by Gasteiger charge is 2.21. The fourth-order valence-electron chi connectivity index (χ4n) is 1.71. The average molecular weight is 358 g/mol. The summed E-state index contributed by atoms with van der Waals surface area (Å²) in [5.74, 6) is -0.261. The van der Waals surface area contributed by atoms with Crippen LogP contribution < -0.4 is 10.6 Å². The second-order valence-corrected chi connectivity index (χ2v) is 4.94. The maximum Gasteiger partial charge on any atom is 0.319 e. The standard InChI is InChI=1S/C13H16BrN3O4/c1-3-4-15-13(19)16-12-8(2)5-9(11(18)7-14)6-10(12)17(20)21/h5-6H,3-4,7H2,1-2H3,(H2,15,16,19). The summed E-state index contributed by atoms with van der Waals surface area (Å²) in [5, 5.41) is 16.3. The lowest BCUT2D eigenvalue weighted by atomic mass is 10.0. The summed E-state index contributed by atoms with van der Waals surface area (Å²) in [6.07, 6.45) is 0.757. The highest BCUT2D eigenvalue weighted by atomic mass is 79.9. The Labute approximate surface area is 130 Å². The van der Waals surface area contributed by atoms with E-state index in [0.29, 0.717) is 12.1 Å². The van der Waals surface area contributed by atoms with E-state index in [1.165, 1.54) is 12.1 Å². The number of halogens is 1. The van der Waals surface area contributed by atoms with E-state index in [4.69, 9.17) is 0 Å². The van der Waals surface area contributed by atoms with Gasteiger partial charge in [-0.25, -0.2) is 4.79 Å². The van der Waals surface area contributed by atoms with Crippen LogP contribution in [0.4, 0.5) is 16.2 Å². The molecule has 0 aliphatic heterocycles. The lowest BCUT2D eigenvalue weighted by Crippen LogP contribution is -2.29. The molecule has 2 N–H and O–H groups in total. The minimum absolute atomic E-state index is 0.0767. The molecule has 0 radical (unpaired) electrons. The van der Waals surface area contributed by atoms with Gasteiger partial charge in [-0.3, -0.25) is 14.9 Å². The van der Waals surface area contributed by atoms with Crippen LogP contribution in [0, 0.1) is 17.0 Å². The lowest BCUT2D eigenvalue weighted by Gasteiger charge is -2.11. The number of carbonyl (C=O) groups excluding carboxylic acids is 2. The van der Waals surface area contributed by atoms with Gasteiger partial charge in [-0.1, -0.05) is 22.9 Å². The molecule has 0 spiro atoms. The number of ketones is 1. The molecule has 0 fully saturated rings. The molecule has 114 valence electrons. The van der Waals surface area contributed by atoms with Crippen molar-refractivity contribution in [2.45, 2.75) is 20.3 Å². The number of urea groups is 1. The van der Waals surface area contributed by atoms with Crippen molar-refractivity contribution >= 4 is 39.1 Å². The van der Waals surface area contributed by atoms with Crippen molar-refractivity contribution < 1.29 is 14.5 Å². The molecule has 0 aromatic heterocycles. The van der Waals surface area contributed by atoms with Gasteiger partial charge in [-0.2, -0.15) is 0 Å². The van der Waals surface area contributed by atoms with E-state index in [-0.39, 0.29) is 28.1 Å². The van der Waals surface area contributed by atoms with Crippen molar-refractivity contribution in [2.75, 3.05) is 17.2 Å². The number of nitro benzene ring substituents is 1. The Balaban J connectivity index is 3.16. The van der Waals surface area contributed by atoms with Gasteiger partial charge in [-0.15, -0.1) is 0 Å². The first kappa shape index (κ1) is 17.1. The number of carbonyl (C=O) groups is 2. The summed E-state index contributed by atoms with van der Waals surface area (Å²) in [4.78, 5) is 33.8. The van der Waals surface area contributed by atoms with Gasteiger partial charge in [0.1, 0.15) is 5.69 Å². The number of alkyl halides is 1. The third-order valence-corrected chi connectivity index (χ3v) is 3.24. The van der Waals surface area contributed by atoms with Gasteiger partial charge in [0.25, 0.3) is 5.69 Å². The molecule has 7 nitrogen and oxygen atoms in total. The van der Waals surface area contributed by atoms with E-state index < -0.39 is 11.0 Å². The average Bonchev–Trinajstić information content (AvgIpc) is 2.45. The monoisotopic (exact) mass is 357 g/mol. The fourth-order valence-corrected chi connectivity index (χ4v) is 2.03. The smallest absolute Gasteiger partial charge is 0.319 e. The number of hydrogen-bond donors (Lipinski definition) is 2. The number of benzene rings is 1. The van der Waals surface area contributed by atoms with Gasteiger partial charge in [0.2, 0.25) is 0 Å². The van der Waals surface area contributed by atoms with Crippen LogP contribution in [-0.2, 0) is 0 Å². The molecule has 0 saturated carbocycles. The Bertz CT molecular complexity index is 575. The fraction of sp³-hybridized carbons (Fsp3) is 0.385. The van der Waals surface area contributed by atoms with E-state index in [1.807, 2.05) is 6.92 Å². The van der Waals surface area contributed by atoms with Crippen LogP contribution in [-0.4, -0.2) is 28.6 Å². The molecular weight excluding hydrogens is 342 g/mol. The maximum absolute atomic E-state index is 11.7. The predicted octanol–water partition coefficient (Wildman–Crippen LogP) is 3.01. The van der Waals surface area contributed by atoms with Crippen molar-refractivity contribution in [2.24, 2.45) is 0 Å². The topological polar surface area (TPSA) is 101 Å². The van der Waals surface area contributed by atoms with Gasteiger partial charge >= 0.3 is 6.03 Å². The van der Waals surface area contributed by atoms with Crippen LogP contribution in [0.1, 0.15) is 29.3 Å². The van der Waals surface area contributed by atoms with Gasteiger partial charge in [0.05, 0.1) is 10.3 Å². The Morgan fingerprint density at radius 2 is 2.05 bits per heavy atom. The highest BCUT2D eigenvalue weighted by molar-refractivity contribution is 9.09. The zero-order valence-corrected chi connectivity index (χ0v) is 13.3. The molecule has 0 aliphatic carbocycles. The van der Waals surface area contributed by atoms with Crippen LogP contribution in [0.15, 0.2) is 12.1 Å². The maximum atomic E-state index is 11.7. The third-order valence-electron chi connectivity index (χ3n) is 2.73. The van der Waals surface area contributed by atoms with Gasteiger partial charge in [-0.05, 0) is 25.0 Å². The Morgan fingerprint density at radius 3 is 2.57 bits per heavy atom. The molecule has 0 unspecified atom stereocenters. The SMILES string of the molecule is CCCNC(=O)Nc1c(C)cc(C(=O)CBr)cc1[N+](=O)[O-]. The van der Waals surface area contributed by atoms with Crippen molar-refractivity contribution in [3.05, 3.63) is 33.4 Å². The number of nitrogens with one attached hydrogen (secondary N) is 2. The largest absolute Gasteiger partial charge is 0.338 e. The Morgan fingerprint density at radius 1 is 1.38 bits per heavy atom. The molecule has 1 aromatic carbocycles. The van der Waals surface area contributed by atoms with E-state index in [9.17, 15) is 19.7 Å². The van der Waals surface area contributed by atoms with Crippen molar-refractivity contribution in [1.82, 2.24) is 5.32 Å². The molecule has 8 heteroatoms. The van der Waals surface area contributed by atoms with Crippen LogP contribution in [0.2, 0.25) is 0 Å². The van der Waals surface area contributed by atoms with E-state index in [2.05, 4.69) is 26.6 Å². The van der Waals surface area contributed by atoms with Crippen molar-refractivity contribution in [3.8, 4) is 0 Å². The molecule has 21 heavy (non-hydrogen) atoms. The van der Waals surface area contributed by atoms with E-state index in [1.54, 1.807) is 6.92 Å². The summed E-state index contributed by atoms with van der Waals surface area (Å²) in [5.41, 5.74) is 0.487. The van der Waals surface area contributed by atoms with Crippen molar-refractivity contribution in [3.63, 3.8) is 0 Å². The van der Waals surface area contributed by atoms with Gasteiger partial charge in [0, 0.05) is 18.2 Å². The number of nitrogens with zero attached hydrogens (tertiary/aromatic N) is 1. The number of anilines is 1. The number of Topliss-reactive ketones (excluding diaryl/α,β-unsaturated/α-hetero) is 1. The molecule has 0 saturated heterocycles. The molecule has 0 atom stereocenters. The molecule has 1 rings (SSSR count). The minimum atomic E-state index is -0.618. The number of hydrogen-bond acceptors (Lipinski definition) is 4. The first-order valence-corrected chi connectivity index (χ1v) is 7.45. The lowest BCUT2D eigenvalue weighted by molar-refractivity contribution is -0.384. The zero-order valence-electron chi connectivity index (χ0n) is 11.7. The van der Waals surface area contributed by atoms with Gasteiger partial charge in [0.15, 0.2) is 5.78 Å². The molecule has 2 amide bonds. The zero-order chi connectivity index (χ0) is 16.0. The Hall–Kier alpha value is -1.96. The summed E-state index contributed by atoms with van der Waals surface area (Å²) in [6, 6.07) is 2.18. The first-order valence-electron chi connectivity index (χ1n) is 6.33. The quantitative estimate of drug-likeness (QED) is 0.353. The molecule has 0 heterocycles. The third kappa shape index (κ3) is 4.52. The Kier molecular flexibility index (Phi) is 6.29. The second kappa shape index (κ2) is 7.72. The molecular formula is C13H16BrN3O4. The number of amides is 2. The second-order valence-electron chi connectivity index (χ2n) is 4.38. The van der Waals surface area contributed by atoms with Gasteiger partial charge < -0.3 is 10.6 Å². The minimum Gasteiger partial charge on any atom is -0.338 e. The predicted molar refractivity (Wildman–Crippen MR) is 83.3 cm³/mol.